The molecule has 11 nitrogen and oxygen atoms in total. The fourth-order valence-corrected chi connectivity index (χ4v) is 6.01. The Bertz CT molecular complexity index is 1390. The van der Waals surface area contributed by atoms with Crippen molar-refractivity contribution in [2.75, 3.05) is 20.2 Å². The third-order valence-electron chi connectivity index (χ3n) is 7.84. The van der Waals surface area contributed by atoms with Crippen molar-refractivity contribution in [3.63, 3.8) is 0 Å². The molecule has 2 aromatic heterocycles. The minimum Gasteiger partial charge on any atom is -0.467 e. The zero-order valence-electron chi connectivity index (χ0n) is 32.5. The fraction of sp³-hybridized carbons (Fsp3) is 0.641. The SMILES string of the molecule is COC(=O)[C@@H]1CCCCN1C(=O)OC(C)(C)C.Cc1cc(C)nc(C)c1.Cc1cc(C)nc(CC(=O)[C@@H]2CCCCN2C(=O)OC(C)(C)C)c1. The zero-order valence-corrected chi connectivity index (χ0v) is 32.5. The summed E-state index contributed by atoms with van der Waals surface area (Å²) >= 11 is 0. The van der Waals surface area contributed by atoms with Crippen molar-refractivity contribution >= 4 is 23.9 Å². The lowest BCUT2D eigenvalue weighted by atomic mass is 9.96. The minimum absolute atomic E-state index is 0.0399. The number of aryl methyl sites for hydroxylation is 5. The number of carbonyl (C=O) groups is 4. The first kappa shape index (κ1) is 42.1. The molecule has 0 bridgehead atoms. The highest BCUT2D eigenvalue weighted by Gasteiger charge is 2.36. The maximum absolute atomic E-state index is 12.8. The summed E-state index contributed by atoms with van der Waals surface area (Å²) in [6.07, 6.45) is 4.45. The highest BCUT2D eigenvalue weighted by Crippen LogP contribution is 2.23. The van der Waals surface area contributed by atoms with Gasteiger partial charge in [0.15, 0.2) is 5.78 Å². The van der Waals surface area contributed by atoms with Crippen LogP contribution >= 0.6 is 0 Å². The number of esters is 1. The molecular formula is C39H60N4O7. The summed E-state index contributed by atoms with van der Waals surface area (Å²) < 4.78 is 15.5. The monoisotopic (exact) mass is 696 g/mol. The van der Waals surface area contributed by atoms with Crippen LogP contribution in [0.5, 0.6) is 0 Å². The first-order valence-corrected chi connectivity index (χ1v) is 17.6. The first-order chi connectivity index (χ1) is 23.2. The van der Waals surface area contributed by atoms with Crippen molar-refractivity contribution < 1.29 is 33.4 Å². The maximum atomic E-state index is 12.8. The quantitative estimate of drug-likeness (QED) is 0.235. The van der Waals surface area contributed by atoms with Crippen molar-refractivity contribution in [2.24, 2.45) is 0 Å². The molecule has 0 aromatic carbocycles. The van der Waals surface area contributed by atoms with E-state index in [0.717, 1.165) is 54.0 Å². The van der Waals surface area contributed by atoms with Gasteiger partial charge in [-0.3, -0.25) is 24.6 Å². The number of aromatic nitrogens is 2. The molecule has 2 amide bonds. The standard InChI is InChI=1S/C19H28N2O3.C12H21NO4.C8H11N/c1-13-10-14(2)20-15(11-13)12-17(22)16-8-6-7-9-21(16)18(23)24-19(3,4)5;1-12(2,3)17-11(15)13-8-6-5-7-9(13)10(14)16-4;1-6-4-7(2)9-8(3)5-6/h10-11,16H,6-9,12H2,1-5H3;9H,5-8H2,1-4H3;4-5H,1-3H3/t16-;9-;/m00./s1. The number of piperidine rings is 2. The Morgan fingerprint density at radius 2 is 1.08 bits per heavy atom. The molecule has 2 aromatic rings. The largest absolute Gasteiger partial charge is 0.467 e. The summed E-state index contributed by atoms with van der Waals surface area (Å²) in [7, 11) is 1.34. The second-order valence-corrected chi connectivity index (χ2v) is 15.2. The molecule has 0 unspecified atom stereocenters. The number of hydrogen-bond acceptors (Lipinski definition) is 9. The normalized spacial score (nSPS) is 17.7. The van der Waals surface area contributed by atoms with Crippen LogP contribution in [0.15, 0.2) is 24.3 Å². The number of pyridine rings is 2. The average Bonchev–Trinajstić information content (AvgIpc) is 2.98. The van der Waals surface area contributed by atoms with Crippen LogP contribution in [0.25, 0.3) is 0 Å². The molecule has 2 fully saturated rings. The zero-order chi connectivity index (χ0) is 37.8. The van der Waals surface area contributed by atoms with E-state index in [1.165, 1.54) is 17.6 Å². The number of hydrogen-bond donors (Lipinski definition) is 0. The van der Waals surface area contributed by atoms with Gasteiger partial charge in [0.25, 0.3) is 0 Å². The van der Waals surface area contributed by atoms with Crippen LogP contribution in [-0.2, 0) is 30.2 Å². The van der Waals surface area contributed by atoms with Crippen LogP contribution in [0.1, 0.15) is 114 Å². The van der Waals surface area contributed by atoms with Crippen LogP contribution in [0.2, 0.25) is 0 Å². The van der Waals surface area contributed by atoms with Crippen LogP contribution in [0.3, 0.4) is 0 Å². The Kier molecular flexibility index (Phi) is 15.9. The Balaban J connectivity index is 0.000000288. The predicted octanol–water partition coefficient (Wildman–Crippen LogP) is 7.56. The van der Waals surface area contributed by atoms with Crippen molar-refractivity contribution in [3.05, 3.63) is 58.2 Å². The molecule has 4 heterocycles. The summed E-state index contributed by atoms with van der Waals surface area (Å²) in [6.45, 7) is 22.1. The number of Topliss-reactive ketones (excluding diaryl/α,β-unsaturated/α-hetero) is 1. The number of nitrogens with zero attached hydrogens (tertiary/aromatic N) is 4. The number of likely N-dealkylation sites (tertiary alicyclic amines) is 2. The number of methoxy groups -OCH3 is 1. The molecule has 2 aliphatic rings. The number of amides is 2. The Morgan fingerprint density at radius 3 is 1.50 bits per heavy atom. The Morgan fingerprint density at radius 1 is 0.660 bits per heavy atom. The van der Waals surface area contributed by atoms with Crippen molar-refractivity contribution in [1.82, 2.24) is 19.8 Å². The van der Waals surface area contributed by atoms with Gasteiger partial charge in [-0.05, 0) is 150 Å². The molecule has 2 aliphatic heterocycles. The van der Waals surface area contributed by atoms with Gasteiger partial charge < -0.3 is 14.2 Å². The summed E-state index contributed by atoms with van der Waals surface area (Å²) in [5, 5.41) is 0. The molecule has 0 saturated carbocycles. The molecule has 278 valence electrons. The first-order valence-electron chi connectivity index (χ1n) is 17.6. The van der Waals surface area contributed by atoms with Crippen molar-refractivity contribution in [3.8, 4) is 0 Å². The second kappa shape index (κ2) is 18.8. The molecule has 0 aliphatic carbocycles. The van der Waals surface area contributed by atoms with Gasteiger partial charge in [0.1, 0.15) is 17.2 Å². The van der Waals surface area contributed by atoms with E-state index in [1.807, 2.05) is 81.4 Å². The van der Waals surface area contributed by atoms with E-state index in [1.54, 1.807) is 4.90 Å². The molecular weight excluding hydrogens is 636 g/mol. The van der Waals surface area contributed by atoms with E-state index >= 15 is 0 Å². The molecule has 4 rings (SSSR count). The lowest BCUT2D eigenvalue weighted by Gasteiger charge is -2.35. The highest BCUT2D eigenvalue weighted by molar-refractivity contribution is 5.89. The van der Waals surface area contributed by atoms with Crippen LogP contribution < -0.4 is 0 Å². The lowest BCUT2D eigenvalue weighted by molar-refractivity contribution is -0.148. The maximum Gasteiger partial charge on any atom is 0.411 e. The van der Waals surface area contributed by atoms with Crippen molar-refractivity contribution in [1.29, 1.82) is 0 Å². The molecule has 0 spiro atoms. The van der Waals surface area contributed by atoms with E-state index in [4.69, 9.17) is 14.2 Å². The third-order valence-corrected chi connectivity index (χ3v) is 7.84. The molecule has 50 heavy (non-hydrogen) atoms. The average molecular weight is 697 g/mol. The Labute approximate surface area is 299 Å². The molecule has 2 atom stereocenters. The van der Waals surface area contributed by atoms with E-state index in [2.05, 4.69) is 29.0 Å². The van der Waals surface area contributed by atoms with Crippen molar-refractivity contribution in [2.45, 2.75) is 144 Å². The summed E-state index contributed by atoms with van der Waals surface area (Å²) in [5.41, 5.74) is 5.17. The van der Waals surface area contributed by atoms with E-state index < -0.39 is 35.5 Å². The van der Waals surface area contributed by atoms with Gasteiger partial charge in [-0.1, -0.05) is 0 Å². The van der Waals surface area contributed by atoms with Gasteiger partial charge in [-0.2, -0.15) is 0 Å². The van der Waals surface area contributed by atoms with E-state index in [0.29, 0.717) is 25.9 Å². The highest BCUT2D eigenvalue weighted by atomic mass is 16.6. The second-order valence-electron chi connectivity index (χ2n) is 15.2. The minimum atomic E-state index is -0.558. The number of ether oxygens (including phenoxy) is 3. The lowest BCUT2D eigenvalue weighted by Crippen LogP contribution is -2.50. The number of carbonyl (C=O) groups excluding carboxylic acids is 4. The van der Waals surface area contributed by atoms with Gasteiger partial charge in [0.2, 0.25) is 0 Å². The van der Waals surface area contributed by atoms with Crippen LogP contribution in [0, 0.1) is 34.6 Å². The van der Waals surface area contributed by atoms with Crippen LogP contribution in [-0.4, -0.2) is 87.2 Å². The molecule has 2 saturated heterocycles. The molecule has 0 N–H and O–H groups in total. The van der Waals surface area contributed by atoms with Gasteiger partial charge in [-0.15, -0.1) is 0 Å². The number of ketones is 1. The molecule has 11 heteroatoms. The number of rotatable bonds is 4. The Hall–Kier alpha value is -4.02. The van der Waals surface area contributed by atoms with Gasteiger partial charge in [0.05, 0.1) is 19.6 Å². The predicted molar refractivity (Wildman–Crippen MR) is 194 cm³/mol. The smallest absolute Gasteiger partial charge is 0.411 e. The van der Waals surface area contributed by atoms with E-state index in [9.17, 15) is 19.2 Å². The summed E-state index contributed by atoms with van der Waals surface area (Å²) in [4.78, 5) is 60.5. The van der Waals surface area contributed by atoms with E-state index in [-0.39, 0.29) is 18.2 Å². The van der Waals surface area contributed by atoms with Gasteiger partial charge in [-0.25, -0.2) is 14.4 Å². The van der Waals surface area contributed by atoms with Gasteiger partial charge in [0, 0.05) is 35.9 Å². The summed E-state index contributed by atoms with van der Waals surface area (Å²) in [6, 6.07) is 7.17. The summed E-state index contributed by atoms with van der Waals surface area (Å²) in [5.74, 6) is -0.325. The van der Waals surface area contributed by atoms with Gasteiger partial charge >= 0.3 is 18.2 Å². The van der Waals surface area contributed by atoms with Crippen LogP contribution in [0.4, 0.5) is 9.59 Å². The third kappa shape index (κ3) is 14.8. The molecule has 0 radical (unpaired) electrons. The topological polar surface area (TPSA) is 128 Å². The fourth-order valence-electron chi connectivity index (χ4n) is 6.01.